The molecule has 2 aromatic carbocycles. The second-order valence-electron chi connectivity index (χ2n) is 5.75. The van der Waals surface area contributed by atoms with Gasteiger partial charge in [0.25, 0.3) is 0 Å². The van der Waals surface area contributed by atoms with Crippen LogP contribution >= 0.6 is 0 Å². The zero-order valence-corrected chi connectivity index (χ0v) is 14.3. The summed E-state index contributed by atoms with van der Waals surface area (Å²) < 4.78 is 5.12. The van der Waals surface area contributed by atoms with E-state index in [1.54, 1.807) is 38.3 Å². The Morgan fingerprint density at radius 3 is 2.42 bits per heavy atom. The van der Waals surface area contributed by atoms with Crippen molar-refractivity contribution in [3.8, 4) is 5.75 Å². The standard InChI is InChI=1S/C19H22N2O3/c1-12-8-9-13(2)17(10-12)21-19(23)14(3)18(22)20-15-6-5-7-16(11-15)24-4/h5-11,14H,1-4H3,(H,20,22)(H,21,23). The number of amides is 2. The second-order valence-corrected chi connectivity index (χ2v) is 5.75. The quantitative estimate of drug-likeness (QED) is 0.826. The summed E-state index contributed by atoms with van der Waals surface area (Å²) >= 11 is 0. The second kappa shape index (κ2) is 7.64. The van der Waals surface area contributed by atoms with Crippen LogP contribution in [0.1, 0.15) is 18.1 Å². The molecular weight excluding hydrogens is 304 g/mol. The first-order valence-electron chi connectivity index (χ1n) is 7.73. The average Bonchev–Trinajstić information content (AvgIpc) is 2.57. The van der Waals surface area contributed by atoms with Gasteiger partial charge in [0, 0.05) is 17.4 Å². The van der Waals surface area contributed by atoms with Crippen molar-refractivity contribution in [3.05, 3.63) is 53.6 Å². The number of hydrogen-bond acceptors (Lipinski definition) is 3. The van der Waals surface area contributed by atoms with Crippen molar-refractivity contribution in [1.82, 2.24) is 0 Å². The lowest BCUT2D eigenvalue weighted by molar-refractivity contribution is -0.128. The molecule has 5 heteroatoms. The van der Waals surface area contributed by atoms with Crippen LogP contribution in [-0.4, -0.2) is 18.9 Å². The molecule has 2 aromatic rings. The summed E-state index contributed by atoms with van der Waals surface area (Å²) in [7, 11) is 1.56. The molecule has 2 rings (SSSR count). The van der Waals surface area contributed by atoms with E-state index in [-0.39, 0.29) is 11.8 Å². The van der Waals surface area contributed by atoms with Crippen LogP contribution in [0.25, 0.3) is 0 Å². The average molecular weight is 326 g/mol. The molecule has 0 aliphatic carbocycles. The van der Waals surface area contributed by atoms with Crippen LogP contribution < -0.4 is 15.4 Å². The van der Waals surface area contributed by atoms with Crippen LogP contribution in [0.3, 0.4) is 0 Å². The highest BCUT2D eigenvalue weighted by molar-refractivity contribution is 6.10. The van der Waals surface area contributed by atoms with Crippen molar-refractivity contribution >= 4 is 23.2 Å². The molecule has 24 heavy (non-hydrogen) atoms. The Labute approximate surface area is 142 Å². The fourth-order valence-electron chi connectivity index (χ4n) is 2.18. The van der Waals surface area contributed by atoms with Gasteiger partial charge in [0.2, 0.25) is 11.8 Å². The number of nitrogens with one attached hydrogen (secondary N) is 2. The van der Waals surface area contributed by atoms with E-state index >= 15 is 0 Å². The van der Waals surface area contributed by atoms with E-state index in [0.717, 1.165) is 16.8 Å². The monoisotopic (exact) mass is 326 g/mol. The fourth-order valence-corrected chi connectivity index (χ4v) is 2.18. The summed E-state index contributed by atoms with van der Waals surface area (Å²) in [6, 6.07) is 12.8. The Bertz CT molecular complexity index is 756. The van der Waals surface area contributed by atoms with E-state index in [0.29, 0.717) is 11.4 Å². The molecule has 1 atom stereocenters. The highest BCUT2D eigenvalue weighted by Gasteiger charge is 2.22. The first-order valence-corrected chi connectivity index (χ1v) is 7.73. The lowest BCUT2D eigenvalue weighted by Crippen LogP contribution is -2.31. The third-order valence-corrected chi connectivity index (χ3v) is 3.77. The molecule has 0 fully saturated rings. The number of hydrogen-bond donors (Lipinski definition) is 2. The number of carbonyl (C=O) groups excluding carboxylic acids is 2. The van der Waals surface area contributed by atoms with Gasteiger partial charge in [0.15, 0.2) is 0 Å². The minimum atomic E-state index is -0.823. The Morgan fingerprint density at radius 1 is 1.00 bits per heavy atom. The Morgan fingerprint density at radius 2 is 1.71 bits per heavy atom. The van der Waals surface area contributed by atoms with Crippen LogP contribution in [0.4, 0.5) is 11.4 Å². The highest BCUT2D eigenvalue weighted by Crippen LogP contribution is 2.19. The molecule has 0 aliphatic heterocycles. The maximum absolute atomic E-state index is 12.3. The molecule has 2 N–H and O–H groups in total. The Kier molecular flexibility index (Phi) is 5.58. The van der Waals surface area contributed by atoms with E-state index in [9.17, 15) is 9.59 Å². The predicted molar refractivity (Wildman–Crippen MR) is 95.3 cm³/mol. The van der Waals surface area contributed by atoms with Crippen molar-refractivity contribution in [1.29, 1.82) is 0 Å². The number of aryl methyl sites for hydroxylation is 2. The van der Waals surface area contributed by atoms with Crippen LogP contribution in [-0.2, 0) is 9.59 Å². The summed E-state index contributed by atoms with van der Waals surface area (Å²) in [6.45, 7) is 5.44. The number of anilines is 2. The molecule has 0 saturated heterocycles. The van der Waals surface area contributed by atoms with Crippen molar-refractivity contribution in [3.63, 3.8) is 0 Å². The Hall–Kier alpha value is -2.82. The van der Waals surface area contributed by atoms with Crippen molar-refractivity contribution < 1.29 is 14.3 Å². The largest absolute Gasteiger partial charge is 0.497 e. The van der Waals surface area contributed by atoms with Gasteiger partial charge in [-0.1, -0.05) is 18.2 Å². The van der Waals surface area contributed by atoms with Crippen molar-refractivity contribution in [2.75, 3.05) is 17.7 Å². The fraction of sp³-hybridized carbons (Fsp3) is 0.263. The van der Waals surface area contributed by atoms with Crippen LogP contribution in [0, 0.1) is 19.8 Å². The minimum Gasteiger partial charge on any atom is -0.497 e. The van der Waals surface area contributed by atoms with Crippen LogP contribution in [0.5, 0.6) is 5.75 Å². The van der Waals surface area contributed by atoms with E-state index in [2.05, 4.69) is 10.6 Å². The zero-order chi connectivity index (χ0) is 17.7. The highest BCUT2D eigenvalue weighted by atomic mass is 16.5. The number of benzene rings is 2. The van der Waals surface area contributed by atoms with E-state index in [1.165, 1.54) is 0 Å². The van der Waals surface area contributed by atoms with Gasteiger partial charge in [0.1, 0.15) is 11.7 Å². The number of carbonyl (C=O) groups is 2. The summed E-state index contributed by atoms with van der Waals surface area (Å²) in [5.41, 5.74) is 3.31. The summed E-state index contributed by atoms with van der Waals surface area (Å²) in [5, 5.41) is 5.54. The minimum absolute atomic E-state index is 0.343. The van der Waals surface area contributed by atoms with Crippen LogP contribution in [0.15, 0.2) is 42.5 Å². The summed E-state index contributed by atoms with van der Waals surface area (Å²) in [4.78, 5) is 24.6. The SMILES string of the molecule is COc1cccc(NC(=O)C(C)C(=O)Nc2cc(C)ccc2C)c1. The lowest BCUT2D eigenvalue weighted by Gasteiger charge is -2.15. The molecule has 0 heterocycles. The molecule has 0 aromatic heterocycles. The zero-order valence-electron chi connectivity index (χ0n) is 14.3. The van der Waals surface area contributed by atoms with E-state index in [4.69, 9.17) is 4.74 Å². The Balaban J connectivity index is 2.04. The van der Waals surface area contributed by atoms with Crippen molar-refractivity contribution in [2.45, 2.75) is 20.8 Å². The molecule has 5 nitrogen and oxygen atoms in total. The molecule has 2 amide bonds. The molecule has 1 unspecified atom stereocenters. The molecule has 0 aliphatic rings. The van der Waals surface area contributed by atoms with Gasteiger partial charge in [-0.05, 0) is 50.1 Å². The maximum Gasteiger partial charge on any atom is 0.236 e. The van der Waals surface area contributed by atoms with Gasteiger partial charge in [-0.15, -0.1) is 0 Å². The van der Waals surface area contributed by atoms with Crippen LogP contribution in [0.2, 0.25) is 0 Å². The normalized spacial score (nSPS) is 11.5. The molecule has 126 valence electrons. The smallest absolute Gasteiger partial charge is 0.236 e. The third-order valence-electron chi connectivity index (χ3n) is 3.77. The van der Waals surface area contributed by atoms with E-state index in [1.807, 2.05) is 32.0 Å². The van der Waals surface area contributed by atoms with Gasteiger partial charge < -0.3 is 15.4 Å². The molecule has 0 saturated carbocycles. The van der Waals surface area contributed by atoms with Gasteiger partial charge in [0.05, 0.1) is 7.11 Å². The molecule has 0 bridgehead atoms. The first kappa shape index (κ1) is 17.5. The number of ether oxygens (including phenoxy) is 1. The van der Waals surface area contributed by atoms with Gasteiger partial charge in [-0.25, -0.2) is 0 Å². The van der Waals surface area contributed by atoms with E-state index < -0.39 is 5.92 Å². The maximum atomic E-state index is 12.3. The van der Waals surface area contributed by atoms with Gasteiger partial charge >= 0.3 is 0 Å². The molecular formula is C19H22N2O3. The number of rotatable bonds is 5. The van der Waals surface area contributed by atoms with Gasteiger partial charge in [-0.2, -0.15) is 0 Å². The third kappa shape index (κ3) is 4.35. The van der Waals surface area contributed by atoms with Crippen molar-refractivity contribution in [2.24, 2.45) is 5.92 Å². The topological polar surface area (TPSA) is 67.4 Å². The summed E-state index contributed by atoms with van der Waals surface area (Å²) in [6.07, 6.45) is 0. The predicted octanol–water partition coefficient (Wildman–Crippen LogP) is 3.53. The molecule has 0 radical (unpaired) electrons. The number of methoxy groups -OCH3 is 1. The van der Waals surface area contributed by atoms with Gasteiger partial charge in [-0.3, -0.25) is 9.59 Å². The first-order chi connectivity index (χ1) is 11.4. The summed E-state index contributed by atoms with van der Waals surface area (Å²) in [5.74, 6) is -0.897. The lowest BCUT2D eigenvalue weighted by atomic mass is 10.1. The molecule has 0 spiro atoms.